The molecule has 4 nitrogen and oxygen atoms in total. The Balaban J connectivity index is 1.52. The molecule has 0 radical (unpaired) electrons. The maximum Gasteiger partial charge on any atom is 0.247 e. The fraction of sp³-hybridized carbons (Fsp3) is 0.316. The number of ether oxygens (including phenoxy) is 2. The predicted molar refractivity (Wildman–Crippen MR) is 102 cm³/mol. The zero-order valence-corrected chi connectivity index (χ0v) is 16.0. The van der Waals surface area contributed by atoms with Gasteiger partial charge in [0.1, 0.15) is 13.2 Å². The van der Waals surface area contributed by atoms with Gasteiger partial charge in [-0.15, -0.1) is 11.3 Å². The van der Waals surface area contributed by atoms with Crippen LogP contribution in [0.5, 0.6) is 11.5 Å². The quantitative estimate of drug-likeness (QED) is 0.679. The summed E-state index contributed by atoms with van der Waals surface area (Å²) in [6, 6.07) is 10.1. The van der Waals surface area contributed by atoms with Crippen molar-refractivity contribution in [2.45, 2.75) is 18.9 Å². The van der Waals surface area contributed by atoms with Gasteiger partial charge >= 0.3 is 0 Å². The molecular weight excluding hydrogens is 402 g/mol. The second-order valence-electron chi connectivity index (χ2n) is 6.07. The number of amides is 1. The molecule has 0 saturated carbocycles. The number of carbonyl (C=O) groups excluding carboxylic acids is 1. The van der Waals surface area contributed by atoms with Gasteiger partial charge in [-0.2, -0.15) is 0 Å². The van der Waals surface area contributed by atoms with E-state index in [0.717, 1.165) is 45.1 Å². The summed E-state index contributed by atoms with van der Waals surface area (Å²) in [5.74, 6) is 1.62. The Morgan fingerprint density at radius 2 is 2.04 bits per heavy atom. The van der Waals surface area contributed by atoms with Crippen molar-refractivity contribution in [2.75, 3.05) is 19.8 Å². The highest BCUT2D eigenvalue weighted by atomic mass is 79.9. The molecule has 0 N–H and O–H groups in total. The topological polar surface area (TPSA) is 38.8 Å². The van der Waals surface area contributed by atoms with E-state index < -0.39 is 0 Å². The van der Waals surface area contributed by atoms with Crippen LogP contribution < -0.4 is 9.47 Å². The Bertz CT molecular complexity index is 817. The molecule has 1 aromatic heterocycles. The minimum Gasteiger partial charge on any atom is -0.486 e. The van der Waals surface area contributed by atoms with Gasteiger partial charge in [-0.1, -0.05) is 6.07 Å². The molecule has 130 valence electrons. The summed E-state index contributed by atoms with van der Waals surface area (Å²) in [5.41, 5.74) is 1.11. The van der Waals surface area contributed by atoms with Gasteiger partial charge < -0.3 is 14.4 Å². The number of thiophene rings is 1. The van der Waals surface area contributed by atoms with Gasteiger partial charge in [0, 0.05) is 17.5 Å². The summed E-state index contributed by atoms with van der Waals surface area (Å²) in [4.78, 5) is 15.7. The van der Waals surface area contributed by atoms with E-state index in [9.17, 15) is 4.79 Å². The molecule has 0 spiro atoms. The average molecular weight is 420 g/mol. The highest BCUT2D eigenvalue weighted by molar-refractivity contribution is 9.11. The van der Waals surface area contributed by atoms with E-state index in [4.69, 9.17) is 9.47 Å². The van der Waals surface area contributed by atoms with Crippen LogP contribution in [-0.4, -0.2) is 30.6 Å². The van der Waals surface area contributed by atoms with E-state index in [-0.39, 0.29) is 11.9 Å². The SMILES string of the molecule is O=C(/C=C/c1ccc(Br)s1)N1CCC[C@H]1c1ccc2c(c1)OCCO2. The first kappa shape index (κ1) is 16.7. The van der Waals surface area contributed by atoms with Crippen molar-refractivity contribution in [3.8, 4) is 11.5 Å². The zero-order chi connectivity index (χ0) is 17.2. The highest BCUT2D eigenvalue weighted by Crippen LogP contribution is 2.38. The van der Waals surface area contributed by atoms with Gasteiger partial charge in [-0.3, -0.25) is 4.79 Å². The van der Waals surface area contributed by atoms with Crippen LogP contribution in [0.1, 0.15) is 29.3 Å². The Labute approximate surface area is 159 Å². The molecule has 1 fully saturated rings. The van der Waals surface area contributed by atoms with Gasteiger partial charge in [0.25, 0.3) is 0 Å². The normalized spacial score (nSPS) is 19.6. The summed E-state index contributed by atoms with van der Waals surface area (Å²) in [7, 11) is 0. The molecule has 1 amide bonds. The van der Waals surface area contributed by atoms with Crippen molar-refractivity contribution in [1.29, 1.82) is 0 Å². The fourth-order valence-corrected chi connectivity index (χ4v) is 4.64. The average Bonchev–Trinajstić information content (AvgIpc) is 3.28. The van der Waals surface area contributed by atoms with Gasteiger partial charge in [0.15, 0.2) is 11.5 Å². The third kappa shape index (κ3) is 3.60. The van der Waals surface area contributed by atoms with Crippen molar-refractivity contribution < 1.29 is 14.3 Å². The monoisotopic (exact) mass is 419 g/mol. The van der Waals surface area contributed by atoms with Crippen LogP contribution >= 0.6 is 27.3 Å². The predicted octanol–water partition coefficient (Wildman–Crippen LogP) is 4.66. The number of nitrogens with zero attached hydrogens (tertiary/aromatic N) is 1. The van der Waals surface area contributed by atoms with Crippen molar-refractivity contribution in [2.24, 2.45) is 0 Å². The minimum absolute atomic E-state index is 0.0573. The molecule has 1 saturated heterocycles. The Morgan fingerprint density at radius 3 is 2.84 bits per heavy atom. The lowest BCUT2D eigenvalue weighted by atomic mass is 10.0. The van der Waals surface area contributed by atoms with Crippen LogP contribution in [0.2, 0.25) is 0 Å². The number of halogens is 1. The summed E-state index contributed by atoms with van der Waals surface area (Å²) in [5, 5.41) is 0. The van der Waals surface area contributed by atoms with Crippen LogP contribution in [0.4, 0.5) is 0 Å². The van der Waals surface area contributed by atoms with E-state index in [0.29, 0.717) is 13.2 Å². The van der Waals surface area contributed by atoms with E-state index in [2.05, 4.69) is 15.9 Å². The molecule has 2 aromatic rings. The van der Waals surface area contributed by atoms with E-state index in [1.807, 2.05) is 41.3 Å². The van der Waals surface area contributed by atoms with Gasteiger partial charge in [-0.05, 0) is 64.7 Å². The van der Waals surface area contributed by atoms with Gasteiger partial charge in [0.2, 0.25) is 5.91 Å². The molecule has 6 heteroatoms. The zero-order valence-electron chi connectivity index (χ0n) is 13.6. The number of hydrogen-bond acceptors (Lipinski definition) is 4. The smallest absolute Gasteiger partial charge is 0.247 e. The maximum absolute atomic E-state index is 12.7. The first-order valence-corrected chi connectivity index (χ1v) is 9.95. The summed E-state index contributed by atoms with van der Waals surface area (Å²) in [6.45, 7) is 1.95. The molecule has 3 heterocycles. The molecule has 0 aliphatic carbocycles. The maximum atomic E-state index is 12.7. The molecule has 0 unspecified atom stereocenters. The second kappa shape index (κ2) is 7.22. The minimum atomic E-state index is 0.0573. The largest absolute Gasteiger partial charge is 0.486 e. The lowest BCUT2D eigenvalue weighted by Gasteiger charge is -2.26. The third-order valence-electron chi connectivity index (χ3n) is 4.47. The molecule has 1 aromatic carbocycles. The van der Waals surface area contributed by atoms with Crippen LogP contribution in [0.15, 0.2) is 40.2 Å². The summed E-state index contributed by atoms with van der Waals surface area (Å²) < 4.78 is 12.3. The second-order valence-corrected chi connectivity index (χ2v) is 8.56. The Kier molecular flexibility index (Phi) is 4.81. The fourth-order valence-electron chi connectivity index (χ4n) is 3.31. The summed E-state index contributed by atoms with van der Waals surface area (Å²) >= 11 is 5.06. The Hall–Kier alpha value is -1.79. The molecule has 1 atom stereocenters. The molecule has 25 heavy (non-hydrogen) atoms. The first-order valence-electron chi connectivity index (χ1n) is 8.34. The Morgan fingerprint density at radius 1 is 1.20 bits per heavy atom. The van der Waals surface area contributed by atoms with Crippen molar-refractivity contribution >= 4 is 39.2 Å². The number of hydrogen-bond donors (Lipinski definition) is 0. The lowest BCUT2D eigenvalue weighted by Crippen LogP contribution is -2.29. The van der Waals surface area contributed by atoms with Gasteiger partial charge in [0.05, 0.1) is 9.83 Å². The van der Waals surface area contributed by atoms with Crippen molar-refractivity contribution in [1.82, 2.24) is 4.90 Å². The number of likely N-dealkylation sites (tertiary alicyclic amines) is 1. The number of carbonyl (C=O) groups is 1. The number of fused-ring (bicyclic) bond motifs is 1. The van der Waals surface area contributed by atoms with Crippen molar-refractivity contribution in [3.05, 3.63) is 50.6 Å². The number of benzene rings is 1. The number of rotatable bonds is 3. The molecule has 0 bridgehead atoms. The van der Waals surface area contributed by atoms with Crippen LogP contribution in [0, 0.1) is 0 Å². The molecule has 2 aliphatic heterocycles. The molecule has 2 aliphatic rings. The van der Waals surface area contributed by atoms with Gasteiger partial charge in [-0.25, -0.2) is 0 Å². The molecular formula is C19H18BrNO3S. The third-order valence-corrected chi connectivity index (χ3v) is 6.06. The standard InChI is InChI=1S/C19H18BrNO3S/c20-18-7-4-14(25-18)5-8-19(22)21-9-1-2-15(21)13-3-6-16-17(12-13)24-11-10-23-16/h3-8,12,15H,1-2,9-11H2/b8-5+/t15-/m0/s1. The van der Waals surface area contributed by atoms with Crippen molar-refractivity contribution in [3.63, 3.8) is 0 Å². The highest BCUT2D eigenvalue weighted by Gasteiger charge is 2.29. The summed E-state index contributed by atoms with van der Waals surface area (Å²) in [6.07, 6.45) is 5.55. The molecule has 4 rings (SSSR count). The van der Waals surface area contributed by atoms with Crippen LogP contribution in [-0.2, 0) is 4.79 Å². The van der Waals surface area contributed by atoms with E-state index in [1.54, 1.807) is 17.4 Å². The lowest BCUT2D eigenvalue weighted by molar-refractivity contribution is -0.126. The van der Waals surface area contributed by atoms with Crippen LogP contribution in [0.3, 0.4) is 0 Å². The first-order chi connectivity index (χ1) is 12.2. The van der Waals surface area contributed by atoms with E-state index >= 15 is 0 Å². The van der Waals surface area contributed by atoms with Crippen LogP contribution in [0.25, 0.3) is 6.08 Å². The van der Waals surface area contributed by atoms with E-state index in [1.165, 1.54) is 0 Å².